The summed E-state index contributed by atoms with van der Waals surface area (Å²) in [6.07, 6.45) is 0.804. The Kier molecular flexibility index (Phi) is 4.20. The number of hydrogen-bond donors (Lipinski definition) is 1. The van der Waals surface area contributed by atoms with Gasteiger partial charge < -0.3 is 5.11 Å². The third kappa shape index (κ3) is 3.12. The summed E-state index contributed by atoms with van der Waals surface area (Å²) in [6.45, 7) is 1.59. The lowest BCUT2D eigenvalue weighted by Gasteiger charge is -2.14. The quantitative estimate of drug-likeness (QED) is 0.900. The van der Waals surface area contributed by atoms with Crippen LogP contribution in [-0.4, -0.2) is 35.7 Å². The van der Waals surface area contributed by atoms with Gasteiger partial charge in [0, 0.05) is 10.1 Å². The van der Waals surface area contributed by atoms with E-state index in [2.05, 4.69) is 0 Å². The maximum absolute atomic E-state index is 12.1. The molecule has 104 valence electrons. The van der Waals surface area contributed by atoms with Crippen LogP contribution in [0.3, 0.4) is 0 Å². The molecule has 0 aliphatic carbocycles. The first kappa shape index (κ1) is 14.4. The van der Waals surface area contributed by atoms with Crippen molar-refractivity contribution in [2.75, 3.05) is 5.75 Å². The lowest BCUT2D eigenvalue weighted by molar-refractivity contribution is -0.136. The average Bonchev–Trinajstić information content (AvgIpc) is 2.69. The van der Waals surface area contributed by atoms with Gasteiger partial charge in [-0.25, -0.2) is 8.42 Å². The Bertz CT molecular complexity index is 555. The molecule has 0 saturated heterocycles. The van der Waals surface area contributed by atoms with Crippen molar-refractivity contribution in [1.82, 2.24) is 0 Å². The summed E-state index contributed by atoms with van der Waals surface area (Å²) in [5, 5.41) is 7.62. The summed E-state index contributed by atoms with van der Waals surface area (Å²) < 4.78 is 24.2. The van der Waals surface area contributed by atoms with E-state index in [0.717, 1.165) is 10.5 Å². The number of thioether (sulfide) groups is 1. The van der Waals surface area contributed by atoms with E-state index < -0.39 is 21.1 Å². The first-order valence-corrected chi connectivity index (χ1v) is 8.72. The Morgan fingerprint density at radius 3 is 2.74 bits per heavy atom. The highest BCUT2D eigenvalue weighted by Gasteiger charge is 2.35. The zero-order chi connectivity index (χ0) is 14.0. The van der Waals surface area contributed by atoms with Crippen molar-refractivity contribution in [3.63, 3.8) is 0 Å². The van der Waals surface area contributed by atoms with E-state index in [1.54, 1.807) is 6.92 Å². The van der Waals surface area contributed by atoms with Gasteiger partial charge in [-0.3, -0.25) is 4.79 Å². The highest BCUT2D eigenvalue weighted by molar-refractivity contribution is 8.01. The van der Waals surface area contributed by atoms with Crippen LogP contribution in [-0.2, 0) is 21.1 Å². The third-order valence-corrected chi connectivity index (χ3v) is 7.01. The summed E-state index contributed by atoms with van der Waals surface area (Å²) in [4.78, 5) is 12.1. The first-order chi connectivity index (χ1) is 8.94. The molecule has 4 nitrogen and oxygen atoms in total. The van der Waals surface area contributed by atoms with Crippen molar-refractivity contribution < 1.29 is 18.3 Å². The topological polar surface area (TPSA) is 71.4 Å². The third-order valence-electron chi connectivity index (χ3n) is 3.21. The van der Waals surface area contributed by atoms with Crippen molar-refractivity contribution in [3.05, 3.63) is 29.8 Å². The SMILES string of the molecule is CCC(C(=O)O)S(=O)(=O)CC1Cc2ccccc2S1. The predicted molar refractivity (Wildman–Crippen MR) is 75.3 cm³/mol. The zero-order valence-electron chi connectivity index (χ0n) is 10.6. The normalized spacial score (nSPS) is 19.9. The van der Waals surface area contributed by atoms with Gasteiger partial charge in [0.2, 0.25) is 0 Å². The van der Waals surface area contributed by atoms with E-state index in [-0.39, 0.29) is 17.4 Å². The van der Waals surface area contributed by atoms with Crippen molar-refractivity contribution in [2.45, 2.75) is 35.2 Å². The average molecular weight is 300 g/mol. The van der Waals surface area contributed by atoms with Crippen LogP contribution < -0.4 is 0 Å². The molecule has 1 aromatic carbocycles. The molecule has 0 spiro atoms. The molecule has 0 fully saturated rings. The zero-order valence-corrected chi connectivity index (χ0v) is 12.2. The van der Waals surface area contributed by atoms with Crippen molar-refractivity contribution in [3.8, 4) is 0 Å². The minimum atomic E-state index is -3.59. The van der Waals surface area contributed by atoms with Crippen LogP contribution in [0.4, 0.5) is 0 Å². The Hall–Kier alpha value is -1.01. The molecule has 1 aliphatic heterocycles. The second kappa shape index (κ2) is 5.54. The Labute approximate surface area is 117 Å². The number of sulfone groups is 1. The number of carbonyl (C=O) groups is 1. The van der Waals surface area contributed by atoms with Crippen LogP contribution in [0.1, 0.15) is 18.9 Å². The molecule has 1 N–H and O–H groups in total. The van der Waals surface area contributed by atoms with Crippen LogP contribution in [0.5, 0.6) is 0 Å². The highest BCUT2D eigenvalue weighted by Crippen LogP contribution is 2.37. The van der Waals surface area contributed by atoms with E-state index in [4.69, 9.17) is 5.11 Å². The molecule has 0 aromatic heterocycles. The van der Waals surface area contributed by atoms with Gasteiger partial charge in [0.05, 0.1) is 5.75 Å². The molecule has 0 saturated carbocycles. The minimum Gasteiger partial charge on any atom is -0.480 e. The first-order valence-electron chi connectivity index (χ1n) is 6.13. The van der Waals surface area contributed by atoms with Crippen LogP contribution in [0.2, 0.25) is 0 Å². The van der Waals surface area contributed by atoms with Crippen molar-refractivity contribution >= 4 is 27.6 Å². The molecular formula is C13H16O4S2. The molecule has 0 bridgehead atoms. The standard InChI is InChI=1S/C13H16O4S2/c1-2-12(13(14)15)19(16,17)8-10-7-9-5-3-4-6-11(9)18-10/h3-6,10,12H,2,7-8H2,1H3,(H,14,15). The van der Waals surface area contributed by atoms with E-state index in [9.17, 15) is 13.2 Å². The molecule has 2 atom stereocenters. The van der Waals surface area contributed by atoms with Crippen LogP contribution in [0.25, 0.3) is 0 Å². The minimum absolute atomic E-state index is 0.0723. The van der Waals surface area contributed by atoms with E-state index in [1.165, 1.54) is 11.8 Å². The highest BCUT2D eigenvalue weighted by atomic mass is 32.2. The fourth-order valence-corrected chi connectivity index (χ4v) is 5.91. The predicted octanol–water partition coefficient (Wildman–Crippen LogP) is 1.98. The second-order valence-electron chi connectivity index (χ2n) is 4.62. The summed E-state index contributed by atoms with van der Waals surface area (Å²) >= 11 is 1.53. The molecular weight excluding hydrogens is 284 g/mol. The smallest absolute Gasteiger partial charge is 0.321 e. The number of hydrogen-bond acceptors (Lipinski definition) is 4. The molecule has 1 aliphatic rings. The van der Waals surface area contributed by atoms with E-state index in [0.29, 0.717) is 6.42 Å². The Morgan fingerprint density at radius 1 is 1.47 bits per heavy atom. The van der Waals surface area contributed by atoms with E-state index in [1.807, 2.05) is 24.3 Å². The van der Waals surface area contributed by atoms with E-state index >= 15 is 0 Å². The number of benzene rings is 1. The van der Waals surface area contributed by atoms with Gasteiger partial charge in [0.25, 0.3) is 0 Å². The molecule has 6 heteroatoms. The van der Waals surface area contributed by atoms with Gasteiger partial charge in [-0.05, 0) is 24.5 Å². The van der Waals surface area contributed by atoms with Crippen LogP contribution >= 0.6 is 11.8 Å². The van der Waals surface area contributed by atoms with Gasteiger partial charge in [-0.15, -0.1) is 11.8 Å². The second-order valence-corrected chi connectivity index (χ2v) is 8.19. The van der Waals surface area contributed by atoms with Gasteiger partial charge >= 0.3 is 5.97 Å². The Balaban J connectivity index is 2.10. The van der Waals surface area contributed by atoms with Gasteiger partial charge in [-0.2, -0.15) is 0 Å². The molecule has 0 amide bonds. The fourth-order valence-electron chi connectivity index (χ4n) is 2.30. The molecule has 19 heavy (non-hydrogen) atoms. The maximum atomic E-state index is 12.1. The number of carboxylic acid groups (broad SMARTS) is 1. The van der Waals surface area contributed by atoms with Crippen LogP contribution in [0, 0.1) is 0 Å². The largest absolute Gasteiger partial charge is 0.480 e. The Morgan fingerprint density at radius 2 is 2.16 bits per heavy atom. The number of carboxylic acids is 1. The monoisotopic (exact) mass is 300 g/mol. The summed E-state index contributed by atoms with van der Waals surface area (Å²) in [6, 6.07) is 7.82. The summed E-state index contributed by atoms with van der Waals surface area (Å²) in [5.74, 6) is -1.32. The lowest BCUT2D eigenvalue weighted by Crippen LogP contribution is -2.34. The van der Waals surface area contributed by atoms with Gasteiger partial charge in [0.15, 0.2) is 15.1 Å². The van der Waals surface area contributed by atoms with Crippen LogP contribution in [0.15, 0.2) is 29.2 Å². The van der Waals surface area contributed by atoms with Gasteiger partial charge in [0.1, 0.15) is 0 Å². The summed E-state index contributed by atoms with van der Waals surface area (Å²) in [7, 11) is -3.59. The van der Waals surface area contributed by atoms with Crippen molar-refractivity contribution in [2.24, 2.45) is 0 Å². The molecule has 2 rings (SSSR count). The number of aliphatic carboxylic acids is 1. The lowest BCUT2D eigenvalue weighted by atomic mass is 10.1. The number of fused-ring (bicyclic) bond motifs is 1. The molecule has 1 heterocycles. The molecule has 1 aromatic rings. The molecule has 2 unspecified atom stereocenters. The summed E-state index contributed by atoms with van der Waals surface area (Å²) in [5.41, 5.74) is 1.15. The fraction of sp³-hybridized carbons (Fsp3) is 0.462. The van der Waals surface area contributed by atoms with Gasteiger partial charge in [-0.1, -0.05) is 25.1 Å². The maximum Gasteiger partial charge on any atom is 0.321 e. The molecule has 0 radical (unpaired) electrons. The number of rotatable bonds is 5. The van der Waals surface area contributed by atoms with Crippen molar-refractivity contribution in [1.29, 1.82) is 0 Å².